The Bertz CT molecular complexity index is 348. The Morgan fingerprint density at radius 1 is 1.56 bits per heavy atom. The molecule has 1 atom stereocenters. The van der Waals surface area contributed by atoms with Crippen molar-refractivity contribution >= 4 is 5.91 Å². The van der Waals surface area contributed by atoms with Gasteiger partial charge in [0.1, 0.15) is 5.69 Å². The molecule has 2 heterocycles. The maximum atomic E-state index is 12.0. The van der Waals surface area contributed by atoms with Crippen LogP contribution in [-0.4, -0.2) is 47.0 Å². The molecular formula is C11H16N4O. The molecule has 2 rings (SSSR count). The van der Waals surface area contributed by atoms with Gasteiger partial charge < -0.3 is 10.2 Å². The minimum Gasteiger partial charge on any atom is -0.336 e. The molecule has 1 fully saturated rings. The largest absolute Gasteiger partial charge is 0.336 e. The van der Waals surface area contributed by atoms with Crippen LogP contribution in [0.5, 0.6) is 0 Å². The number of hydrogen-bond acceptors (Lipinski definition) is 4. The summed E-state index contributed by atoms with van der Waals surface area (Å²) >= 11 is 0. The van der Waals surface area contributed by atoms with Crippen molar-refractivity contribution in [3.05, 3.63) is 24.3 Å². The van der Waals surface area contributed by atoms with E-state index in [0.717, 1.165) is 25.9 Å². The molecule has 0 saturated carbocycles. The van der Waals surface area contributed by atoms with Crippen molar-refractivity contribution in [1.29, 1.82) is 0 Å². The molecule has 5 heteroatoms. The summed E-state index contributed by atoms with van der Waals surface area (Å²) in [7, 11) is 1.83. The lowest BCUT2D eigenvalue weighted by Gasteiger charge is -2.31. The van der Waals surface area contributed by atoms with Crippen LogP contribution in [0.15, 0.2) is 18.6 Å². The predicted octanol–water partition coefficient (Wildman–Crippen LogP) is 0.301. The smallest absolute Gasteiger partial charge is 0.274 e. The molecule has 1 aromatic heterocycles. The number of nitrogens with zero attached hydrogens (tertiary/aromatic N) is 3. The van der Waals surface area contributed by atoms with Gasteiger partial charge in [-0.15, -0.1) is 0 Å². The molecule has 1 amide bonds. The van der Waals surface area contributed by atoms with Crippen LogP contribution in [0.3, 0.4) is 0 Å². The number of nitrogens with one attached hydrogen (secondary N) is 1. The predicted molar refractivity (Wildman–Crippen MR) is 60.0 cm³/mol. The minimum atomic E-state index is -0.0539. The SMILES string of the molecule is CN(C(=O)c1cnccn1)[C@@H]1CCCNC1. The van der Waals surface area contributed by atoms with Gasteiger partial charge in [-0.3, -0.25) is 9.78 Å². The van der Waals surface area contributed by atoms with Crippen LogP contribution >= 0.6 is 0 Å². The zero-order chi connectivity index (χ0) is 11.4. The van der Waals surface area contributed by atoms with Gasteiger partial charge >= 0.3 is 0 Å². The lowest BCUT2D eigenvalue weighted by Crippen LogP contribution is -2.46. The monoisotopic (exact) mass is 220 g/mol. The first-order valence-corrected chi connectivity index (χ1v) is 5.53. The number of carbonyl (C=O) groups excluding carboxylic acids is 1. The Morgan fingerprint density at radius 2 is 2.44 bits per heavy atom. The molecule has 0 radical (unpaired) electrons. The summed E-state index contributed by atoms with van der Waals surface area (Å²) < 4.78 is 0. The number of aromatic nitrogens is 2. The van der Waals surface area contributed by atoms with E-state index in [1.807, 2.05) is 7.05 Å². The molecule has 5 nitrogen and oxygen atoms in total. The molecule has 86 valence electrons. The summed E-state index contributed by atoms with van der Waals surface area (Å²) in [6, 6.07) is 0.267. The normalized spacial score (nSPS) is 20.4. The average molecular weight is 220 g/mol. The van der Waals surface area contributed by atoms with Crippen molar-refractivity contribution in [2.24, 2.45) is 0 Å². The molecule has 0 bridgehead atoms. The van der Waals surface area contributed by atoms with E-state index in [0.29, 0.717) is 5.69 Å². The quantitative estimate of drug-likeness (QED) is 0.779. The van der Waals surface area contributed by atoms with Gasteiger partial charge in [0, 0.05) is 32.0 Å². The van der Waals surface area contributed by atoms with E-state index < -0.39 is 0 Å². The van der Waals surface area contributed by atoms with Gasteiger partial charge in [0.05, 0.1) is 6.20 Å². The van der Waals surface area contributed by atoms with Gasteiger partial charge in [0.25, 0.3) is 5.91 Å². The van der Waals surface area contributed by atoms with E-state index in [4.69, 9.17) is 0 Å². The van der Waals surface area contributed by atoms with Gasteiger partial charge in [0.2, 0.25) is 0 Å². The molecule has 1 saturated heterocycles. The zero-order valence-corrected chi connectivity index (χ0v) is 9.39. The molecule has 1 aliphatic heterocycles. The maximum Gasteiger partial charge on any atom is 0.274 e. The maximum absolute atomic E-state index is 12.0. The highest BCUT2D eigenvalue weighted by Crippen LogP contribution is 2.10. The van der Waals surface area contributed by atoms with Crippen molar-refractivity contribution in [2.45, 2.75) is 18.9 Å². The van der Waals surface area contributed by atoms with Crippen molar-refractivity contribution in [3.63, 3.8) is 0 Å². The number of rotatable bonds is 2. The van der Waals surface area contributed by atoms with E-state index in [1.54, 1.807) is 17.3 Å². The molecule has 1 aliphatic rings. The fraction of sp³-hybridized carbons (Fsp3) is 0.545. The minimum absolute atomic E-state index is 0.0539. The Morgan fingerprint density at radius 3 is 3.06 bits per heavy atom. The molecule has 0 aliphatic carbocycles. The lowest BCUT2D eigenvalue weighted by molar-refractivity contribution is 0.0702. The van der Waals surface area contributed by atoms with E-state index in [-0.39, 0.29) is 11.9 Å². The van der Waals surface area contributed by atoms with Crippen LogP contribution < -0.4 is 5.32 Å². The highest BCUT2D eigenvalue weighted by atomic mass is 16.2. The Labute approximate surface area is 94.9 Å². The summed E-state index contributed by atoms with van der Waals surface area (Å²) in [5.74, 6) is -0.0539. The number of carbonyl (C=O) groups is 1. The number of piperidine rings is 1. The fourth-order valence-corrected chi connectivity index (χ4v) is 1.92. The summed E-state index contributed by atoms with van der Waals surface area (Å²) in [6.45, 7) is 1.91. The summed E-state index contributed by atoms with van der Waals surface area (Å²) in [4.78, 5) is 21.7. The Kier molecular flexibility index (Phi) is 3.46. The van der Waals surface area contributed by atoms with Gasteiger partial charge in [-0.1, -0.05) is 0 Å². The van der Waals surface area contributed by atoms with Crippen LogP contribution in [0.25, 0.3) is 0 Å². The van der Waals surface area contributed by atoms with Crippen LogP contribution in [0.4, 0.5) is 0 Å². The first-order valence-electron chi connectivity index (χ1n) is 5.53. The highest BCUT2D eigenvalue weighted by Gasteiger charge is 2.23. The molecule has 0 unspecified atom stereocenters. The van der Waals surface area contributed by atoms with Crippen LogP contribution in [-0.2, 0) is 0 Å². The van der Waals surface area contributed by atoms with Crippen LogP contribution in [0.1, 0.15) is 23.3 Å². The number of likely N-dealkylation sites (N-methyl/N-ethyl adjacent to an activating group) is 1. The second-order valence-electron chi connectivity index (χ2n) is 4.01. The van der Waals surface area contributed by atoms with E-state index in [1.165, 1.54) is 6.20 Å². The second-order valence-corrected chi connectivity index (χ2v) is 4.01. The second kappa shape index (κ2) is 5.03. The molecule has 0 aromatic carbocycles. The topological polar surface area (TPSA) is 58.1 Å². The van der Waals surface area contributed by atoms with E-state index >= 15 is 0 Å². The summed E-state index contributed by atoms with van der Waals surface area (Å²) in [5.41, 5.74) is 0.413. The standard InChI is InChI=1S/C11H16N4O/c1-15(9-3-2-4-12-7-9)11(16)10-8-13-5-6-14-10/h5-6,8-9,12H,2-4,7H2,1H3/t9-/m1/s1. The molecule has 16 heavy (non-hydrogen) atoms. The van der Waals surface area contributed by atoms with Gasteiger partial charge in [-0.05, 0) is 19.4 Å². The summed E-state index contributed by atoms with van der Waals surface area (Å²) in [6.07, 6.45) is 6.78. The average Bonchev–Trinajstić information content (AvgIpc) is 2.39. The highest BCUT2D eigenvalue weighted by molar-refractivity contribution is 5.92. The molecular weight excluding hydrogens is 204 g/mol. The first kappa shape index (κ1) is 11.0. The van der Waals surface area contributed by atoms with Crippen LogP contribution in [0, 0.1) is 0 Å². The Balaban J connectivity index is 2.04. The van der Waals surface area contributed by atoms with Crippen molar-refractivity contribution in [3.8, 4) is 0 Å². The van der Waals surface area contributed by atoms with Crippen LogP contribution in [0.2, 0.25) is 0 Å². The van der Waals surface area contributed by atoms with Crippen molar-refractivity contribution < 1.29 is 4.79 Å². The van der Waals surface area contributed by atoms with Gasteiger partial charge in [-0.2, -0.15) is 0 Å². The van der Waals surface area contributed by atoms with Crippen molar-refractivity contribution in [1.82, 2.24) is 20.2 Å². The molecule has 0 spiro atoms. The van der Waals surface area contributed by atoms with Gasteiger partial charge in [0.15, 0.2) is 0 Å². The third-order valence-corrected chi connectivity index (χ3v) is 2.92. The first-order chi connectivity index (χ1) is 7.79. The van der Waals surface area contributed by atoms with Gasteiger partial charge in [-0.25, -0.2) is 4.98 Å². The lowest BCUT2D eigenvalue weighted by atomic mass is 10.1. The Hall–Kier alpha value is -1.49. The third-order valence-electron chi connectivity index (χ3n) is 2.92. The molecule has 1 aromatic rings. The number of hydrogen-bond donors (Lipinski definition) is 1. The summed E-state index contributed by atoms with van der Waals surface area (Å²) in [5, 5.41) is 3.29. The third kappa shape index (κ3) is 2.36. The number of amides is 1. The van der Waals surface area contributed by atoms with Crippen molar-refractivity contribution in [2.75, 3.05) is 20.1 Å². The van der Waals surface area contributed by atoms with E-state index in [2.05, 4.69) is 15.3 Å². The molecule has 1 N–H and O–H groups in total. The van der Waals surface area contributed by atoms with E-state index in [9.17, 15) is 4.79 Å². The zero-order valence-electron chi connectivity index (χ0n) is 9.39. The fourth-order valence-electron chi connectivity index (χ4n) is 1.92.